The molecule has 116 valence electrons. The van der Waals surface area contributed by atoms with Crippen molar-refractivity contribution in [2.24, 2.45) is 13.0 Å². The third kappa shape index (κ3) is 2.62. The SMILES string of the molecule is CCCc1nn(C)c2c1[nH]c(=S)n2C(C(=O)OC)C(C)C. The topological polar surface area (TPSA) is 64.8 Å². The van der Waals surface area contributed by atoms with E-state index in [1.54, 1.807) is 4.68 Å². The van der Waals surface area contributed by atoms with Gasteiger partial charge in [-0.1, -0.05) is 27.2 Å². The minimum atomic E-state index is -0.457. The molecule has 2 aromatic heterocycles. The van der Waals surface area contributed by atoms with Crippen LogP contribution in [0, 0.1) is 10.7 Å². The maximum Gasteiger partial charge on any atom is 0.329 e. The normalized spacial score (nSPS) is 13.0. The van der Waals surface area contributed by atoms with Gasteiger partial charge in [0.25, 0.3) is 0 Å². The van der Waals surface area contributed by atoms with E-state index in [0.717, 1.165) is 29.7 Å². The molecule has 2 rings (SSSR count). The molecular formula is C14H22N4O2S. The Kier molecular flexibility index (Phi) is 4.51. The van der Waals surface area contributed by atoms with Gasteiger partial charge >= 0.3 is 5.97 Å². The van der Waals surface area contributed by atoms with Crippen LogP contribution in [0.4, 0.5) is 0 Å². The fourth-order valence-electron chi connectivity index (χ4n) is 2.70. The molecule has 1 atom stereocenters. The zero-order valence-electron chi connectivity index (χ0n) is 13.1. The number of carbonyl (C=O) groups is 1. The van der Waals surface area contributed by atoms with Gasteiger partial charge in [-0.2, -0.15) is 5.10 Å². The highest BCUT2D eigenvalue weighted by atomic mass is 32.1. The minimum Gasteiger partial charge on any atom is -0.467 e. The summed E-state index contributed by atoms with van der Waals surface area (Å²) in [5, 5.41) is 4.53. The third-order valence-electron chi connectivity index (χ3n) is 3.61. The average molecular weight is 310 g/mol. The molecule has 1 unspecified atom stereocenters. The number of aryl methyl sites for hydroxylation is 2. The first-order valence-electron chi connectivity index (χ1n) is 7.16. The van der Waals surface area contributed by atoms with E-state index in [0.29, 0.717) is 4.77 Å². The molecule has 0 aromatic carbocycles. The Morgan fingerprint density at radius 2 is 2.14 bits per heavy atom. The summed E-state index contributed by atoms with van der Waals surface area (Å²) in [6.07, 6.45) is 1.87. The molecule has 2 heterocycles. The molecule has 0 aliphatic rings. The molecule has 0 aliphatic heterocycles. The summed E-state index contributed by atoms with van der Waals surface area (Å²) >= 11 is 5.43. The van der Waals surface area contributed by atoms with Crippen molar-refractivity contribution < 1.29 is 9.53 Å². The van der Waals surface area contributed by atoms with Gasteiger partial charge in [-0.3, -0.25) is 9.25 Å². The number of H-pyrrole nitrogens is 1. The Balaban J connectivity index is 2.71. The van der Waals surface area contributed by atoms with E-state index in [2.05, 4.69) is 17.0 Å². The molecule has 1 N–H and O–H groups in total. The number of rotatable bonds is 5. The van der Waals surface area contributed by atoms with Gasteiger partial charge in [-0.05, 0) is 24.6 Å². The monoisotopic (exact) mass is 310 g/mol. The van der Waals surface area contributed by atoms with E-state index >= 15 is 0 Å². The number of aromatic amines is 1. The lowest BCUT2D eigenvalue weighted by Gasteiger charge is -2.20. The second-order valence-corrected chi connectivity index (χ2v) is 5.92. The van der Waals surface area contributed by atoms with Crippen LogP contribution < -0.4 is 0 Å². The molecule has 0 fully saturated rings. The Bertz CT molecular complexity index is 710. The Hall–Kier alpha value is -1.63. The lowest BCUT2D eigenvalue weighted by atomic mass is 10.0. The van der Waals surface area contributed by atoms with Crippen LogP contribution in [0.2, 0.25) is 0 Å². The predicted octanol–water partition coefficient (Wildman–Crippen LogP) is 2.75. The molecular weight excluding hydrogens is 288 g/mol. The van der Waals surface area contributed by atoms with E-state index in [1.165, 1.54) is 7.11 Å². The molecule has 6 nitrogen and oxygen atoms in total. The number of fused-ring (bicyclic) bond motifs is 1. The summed E-state index contributed by atoms with van der Waals surface area (Å²) in [5.41, 5.74) is 2.73. The summed E-state index contributed by atoms with van der Waals surface area (Å²) in [5.74, 6) is -0.229. The number of methoxy groups -OCH3 is 1. The van der Waals surface area contributed by atoms with Crippen molar-refractivity contribution >= 4 is 29.4 Å². The van der Waals surface area contributed by atoms with Crippen molar-refractivity contribution in [3.63, 3.8) is 0 Å². The molecule has 0 spiro atoms. The number of esters is 1. The number of aromatic nitrogens is 4. The van der Waals surface area contributed by atoms with Crippen LogP contribution in [0.5, 0.6) is 0 Å². The minimum absolute atomic E-state index is 0.0627. The number of nitrogens with one attached hydrogen (secondary N) is 1. The van der Waals surface area contributed by atoms with Crippen molar-refractivity contribution in [1.29, 1.82) is 0 Å². The van der Waals surface area contributed by atoms with E-state index < -0.39 is 6.04 Å². The van der Waals surface area contributed by atoms with Crippen LogP contribution in [0.1, 0.15) is 38.9 Å². The highest BCUT2D eigenvalue weighted by Crippen LogP contribution is 2.27. The molecule has 0 radical (unpaired) electrons. The molecule has 21 heavy (non-hydrogen) atoms. The molecule has 7 heteroatoms. The molecule has 2 aromatic rings. The maximum atomic E-state index is 12.2. The van der Waals surface area contributed by atoms with Gasteiger partial charge in [0.05, 0.1) is 12.8 Å². The highest BCUT2D eigenvalue weighted by molar-refractivity contribution is 7.71. The number of hydrogen-bond acceptors (Lipinski definition) is 4. The van der Waals surface area contributed by atoms with Crippen molar-refractivity contribution in [1.82, 2.24) is 19.3 Å². The first kappa shape index (κ1) is 15.8. The smallest absolute Gasteiger partial charge is 0.329 e. The molecule has 0 amide bonds. The van der Waals surface area contributed by atoms with Gasteiger partial charge in [0.2, 0.25) is 0 Å². The quantitative estimate of drug-likeness (QED) is 0.681. The van der Waals surface area contributed by atoms with Crippen LogP contribution in [0.25, 0.3) is 11.2 Å². The lowest BCUT2D eigenvalue weighted by molar-refractivity contribution is -0.145. The molecule has 0 saturated heterocycles. The first-order chi connectivity index (χ1) is 9.92. The van der Waals surface area contributed by atoms with Crippen LogP contribution in [-0.4, -0.2) is 32.4 Å². The standard InChI is InChI=1S/C14H22N4O2S/c1-6-7-9-10-12(17(4)16-9)18(14(21)15-10)11(8(2)3)13(19)20-5/h8,11H,6-7H2,1-5H3,(H,15,21). The van der Waals surface area contributed by atoms with Gasteiger partial charge in [-0.25, -0.2) is 4.79 Å². The number of ether oxygens (including phenoxy) is 1. The number of carbonyl (C=O) groups excluding carboxylic acids is 1. The molecule has 0 saturated carbocycles. The van der Waals surface area contributed by atoms with E-state index in [1.807, 2.05) is 25.5 Å². The van der Waals surface area contributed by atoms with Crippen LogP contribution in [-0.2, 0) is 23.0 Å². The highest BCUT2D eigenvalue weighted by Gasteiger charge is 2.29. The van der Waals surface area contributed by atoms with Crippen LogP contribution >= 0.6 is 12.2 Å². The number of nitrogens with zero attached hydrogens (tertiary/aromatic N) is 3. The van der Waals surface area contributed by atoms with Crippen molar-refractivity contribution in [2.75, 3.05) is 7.11 Å². The second-order valence-electron chi connectivity index (χ2n) is 5.53. The summed E-state index contributed by atoms with van der Waals surface area (Å²) in [6, 6.07) is -0.457. The Morgan fingerprint density at radius 3 is 2.67 bits per heavy atom. The molecule has 0 bridgehead atoms. The van der Waals surface area contributed by atoms with Crippen molar-refractivity contribution in [3.05, 3.63) is 10.5 Å². The van der Waals surface area contributed by atoms with Gasteiger partial charge in [0, 0.05) is 7.05 Å². The van der Waals surface area contributed by atoms with Gasteiger partial charge in [-0.15, -0.1) is 0 Å². The van der Waals surface area contributed by atoms with E-state index in [-0.39, 0.29) is 11.9 Å². The largest absolute Gasteiger partial charge is 0.467 e. The summed E-state index contributed by atoms with van der Waals surface area (Å²) in [7, 11) is 3.27. The predicted molar refractivity (Wildman–Crippen MR) is 83.8 cm³/mol. The maximum absolute atomic E-state index is 12.2. The third-order valence-corrected chi connectivity index (χ3v) is 3.91. The average Bonchev–Trinajstić information content (AvgIpc) is 2.89. The lowest BCUT2D eigenvalue weighted by Crippen LogP contribution is -2.26. The Morgan fingerprint density at radius 1 is 1.48 bits per heavy atom. The van der Waals surface area contributed by atoms with E-state index in [9.17, 15) is 4.79 Å². The van der Waals surface area contributed by atoms with Crippen LogP contribution in [0.15, 0.2) is 0 Å². The van der Waals surface area contributed by atoms with E-state index in [4.69, 9.17) is 17.0 Å². The van der Waals surface area contributed by atoms with Gasteiger partial charge in [0.15, 0.2) is 10.4 Å². The summed E-state index contributed by atoms with van der Waals surface area (Å²) in [4.78, 5) is 15.4. The fourth-order valence-corrected chi connectivity index (χ4v) is 3.01. The summed E-state index contributed by atoms with van der Waals surface area (Å²) < 4.78 is 9.08. The number of hydrogen-bond donors (Lipinski definition) is 1. The second kappa shape index (κ2) is 6.01. The zero-order chi connectivity index (χ0) is 15.7. The zero-order valence-corrected chi connectivity index (χ0v) is 14.0. The first-order valence-corrected chi connectivity index (χ1v) is 7.57. The van der Waals surface area contributed by atoms with Crippen molar-refractivity contribution in [2.45, 2.75) is 39.7 Å². The fraction of sp³-hybridized carbons (Fsp3) is 0.643. The molecule has 0 aliphatic carbocycles. The van der Waals surface area contributed by atoms with Crippen LogP contribution in [0.3, 0.4) is 0 Å². The summed E-state index contributed by atoms with van der Waals surface area (Å²) in [6.45, 7) is 6.06. The number of imidazole rings is 1. The van der Waals surface area contributed by atoms with Gasteiger partial charge < -0.3 is 9.72 Å². The van der Waals surface area contributed by atoms with Crippen molar-refractivity contribution in [3.8, 4) is 0 Å². The Labute approximate surface area is 129 Å². The van der Waals surface area contributed by atoms with Gasteiger partial charge in [0.1, 0.15) is 11.6 Å².